The maximum absolute atomic E-state index is 13.9. The summed E-state index contributed by atoms with van der Waals surface area (Å²) in [5.74, 6) is 0.238. The highest BCUT2D eigenvalue weighted by atomic mass is 35.5. The molecule has 1 spiro atoms. The second-order valence-electron chi connectivity index (χ2n) is 10.8. The van der Waals surface area contributed by atoms with E-state index in [-0.39, 0.29) is 17.5 Å². The summed E-state index contributed by atoms with van der Waals surface area (Å²) < 4.78 is 0. The van der Waals surface area contributed by atoms with Crippen LogP contribution >= 0.6 is 11.6 Å². The summed E-state index contributed by atoms with van der Waals surface area (Å²) >= 11 is 6.11. The van der Waals surface area contributed by atoms with E-state index in [1.165, 1.54) is 24.0 Å². The molecule has 2 aromatic carbocycles. The number of piperidine rings is 1. The smallest absolute Gasteiger partial charge is 0.240 e. The van der Waals surface area contributed by atoms with Crippen LogP contribution in [0.4, 0.5) is 0 Å². The average Bonchev–Trinajstić information content (AvgIpc) is 3.30. The van der Waals surface area contributed by atoms with Crippen LogP contribution in [0.2, 0.25) is 5.02 Å². The second-order valence-corrected chi connectivity index (χ2v) is 11.2. The second kappa shape index (κ2) is 10.6. The van der Waals surface area contributed by atoms with Crippen LogP contribution in [0.15, 0.2) is 48.5 Å². The summed E-state index contributed by atoms with van der Waals surface area (Å²) in [6.07, 6.45) is 6.22. The van der Waals surface area contributed by atoms with Crippen molar-refractivity contribution in [2.24, 2.45) is 0 Å². The molecule has 0 aromatic heterocycles. The molecule has 0 bridgehead atoms. The lowest BCUT2D eigenvalue weighted by atomic mass is 9.74. The summed E-state index contributed by atoms with van der Waals surface area (Å²) in [7, 11) is 4.45. The molecule has 5 nitrogen and oxygen atoms in total. The average molecular weight is 495 g/mol. The van der Waals surface area contributed by atoms with Crippen molar-refractivity contribution >= 4 is 17.5 Å². The number of carbonyl (C=O) groups is 1. The Labute approximate surface area is 215 Å². The molecule has 2 fully saturated rings. The van der Waals surface area contributed by atoms with Gasteiger partial charge in [-0.25, -0.2) is 0 Å². The summed E-state index contributed by atoms with van der Waals surface area (Å²) in [4.78, 5) is 20.9. The Morgan fingerprint density at radius 3 is 2.51 bits per heavy atom. The minimum atomic E-state index is -0.212. The fourth-order valence-corrected chi connectivity index (χ4v) is 6.61. The third-order valence-corrected chi connectivity index (χ3v) is 9.04. The zero-order valence-electron chi connectivity index (χ0n) is 21.2. The lowest BCUT2D eigenvalue weighted by molar-refractivity contribution is -0.136. The van der Waals surface area contributed by atoms with Crippen LogP contribution in [-0.2, 0) is 23.2 Å². The highest BCUT2D eigenvalue weighted by Crippen LogP contribution is 2.42. The quantitative estimate of drug-likeness (QED) is 0.660. The van der Waals surface area contributed by atoms with Gasteiger partial charge in [0.05, 0.1) is 6.04 Å². The molecule has 0 saturated carbocycles. The molecule has 3 aliphatic heterocycles. The fraction of sp³-hybridized carbons (Fsp3) is 0.552. The van der Waals surface area contributed by atoms with E-state index in [9.17, 15) is 4.79 Å². The highest BCUT2D eigenvalue weighted by molar-refractivity contribution is 6.30. The van der Waals surface area contributed by atoms with Gasteiger partial charge in [0, 0.05) is 42.8 Å². The number of benzene rings is 2. The topological polar surface area (TPSA) is 38.8 Å². The van der Waals surface area contributed by atoms with Crippen LogP contribution in [0.25, 0.3) is 0 Å². The van der Waals surface area contributed by atoms with Gasteiger partial charge in [-0.15, -0.1) is 0 Å². The number of hydrogen-bond donors (Lipinski definition) is 1. The molecule has 6 heteroatoms. The molecule has 0 aliphatic carbocycles. The van der Waals surface area contributed by atoms with E-state index in [4.69, 9.17) is 11.6 Å². The first-order valence-electron chi connectivity index (χ1n) is 13.2. The van der Waals surface area contributed by atoms with Crippen molar-refractivity contribution in [2.75, 3.05) is 46.8 Å². The molecule has 2 atom stereocenters. The molecule has 1 amide bonds. The summed E-state index contributed by atoms with van der Waals surface area (Å²) in [6, 6.07) is 17.2. The zero-order valence-corrected chi connectivity index (χ0v) is 21.9. The number of rotatable bonds is 6. The molecule has 35 heavy (non-hydrogen) atoms. The normalized spacial score (nSPS) is 23.4. The standard InChI is InChI=1S/C29H39ClN4O/c1-32-16-5-7-25(32)21-31-27(20-22-9-11-24(30)12-10-22)28(35)34-18-14-29(15-19-34)26-8-4-3-6-23(26)13-17-33(29)2/h3-4,6,8-12,25,27,31H,5,7,13-21H2,1-2H3/t25-,27+/m0/s1. The van der Waals surface area contributed by atoms with Gasteiger partial charge >= 0.3 is 0 Å². The van der Waals surface area contributed by atoms with Gasteiger partial charge in [-0.1, -0.05) is 48.0 Å². The molecule has 2 aromatic rings. The maximum Gasteiger partial charge on any atom is 0.240 e. The molecule has 1 N–H and O–H groups in total. The van der Waals surface area contributed by atoms with Crippen LogP contribution in [0, 0.1) is 0 Å². The Morgan fingerprint density at radius 1 is 1.06 bits per heavy atom. The van der Waals surface area contributed by atoms with Crippen molar-refractivity contribution in [1.82, 2.24) is 20.0 Å². The van der Waals surface area contributed by atoms with Crippen LogP contribution in [0.3, 0.4) is 0 Å². The van der Waals surface area contributed by atoms with Crippen molar-refractivity contribution in [3.63, 3.8) is 0 Å². The Bertz CT molecular complexity index is 1020. The Morgan fingerprint density at radius 2 is 1.80 bits per heavy atom. The number of amides is 1. The van der Waals surface area contributed by atoms with E-state index in [0.717, 1.165) is 62.6 Å². The minimum Gasteiger partial charge on any atom is -0.341 e. The van der Waals surface area contributed by atoms with Gasteiger partial charge in [-0.05, 0) is 88.0 Å². The third-order valence-electron chi connectivity index (χ3n) is 8.79. The van der Waals surface area contributed by atoms with Crippen molar-refractivity contribution in [3.8, 4) is 0 Å². The number of likely N-dealkylation sites (tertiary alicyclic amines) is 2. The van der Waals surface area contributed by atoms with Crippen LogP contribution in [0.5, 0.6) is 0 Å². The number of halogens is 1. The van der Waals surface area contributed by atoms with E-state index in [1.807, 2.05) is 24.3 Å². The number of fused-ring (bicyclic) bond motifs is 2. The van der Waals surface area contributed by atoms with Gasteiger partial charge in [0.15, 0.2) is 0 Å². The van der Waals surface area contributed by atoms with E-state index in [0.29, 0.717) is 12.5 Å². The summed E-state index contributed by atoms with van der Waals surface area (Å²) in [5.41, 5.74) is 4.15. The van der Waals surface area contributed by atoms with Crippen molar-refractivity contribution in [3.05, 3.63) is 70.2 Å². The number of nitrogens with one attached hydrogen (secondary N) is 1. The molecule has 5 rings (SSSR count). The molecule has 3 heterocycles. The third kappa shape index (κ3) is 5.15. The van der Waals surface area contributed by atoms with Crippen molar-refractivity contribution < 1.29 is 4.79 Å². The molecular formula is C29H39ClN4O. The minimum absolute atomic E-state index is 0.0529. The Hall–Kier alpha value is -1.92. The monoisotopic (exact) mass is 494 g/mol. The summed E-state index contributed by atoms with van der Waals surface area (Å²) in [6.45, 7) is 4.69. The van der Waals surface area contributed by atoms with Crippen LogP contribution in [-0.4, -0.2) is 79.5 Å². The molecule has 188 valence electrons. The number of nitrogens with zero attached hydrogens (tertiary/aromatic N) is 3. The number of carbonyl (C=O) groups excluding carboxylic acids is 1. The lowest BCUT2D eigenvalue weighted by Gasteiger charge is -2.51. The first-order chi connectivity index (χ1) is 17.0. The van der Waals surface area contributed by atoms with Crippen molar-refractivity contribution in [2.45, 2.75) is 56.1 Å². The molecule has 0 radical (unpaired) electrons. The first kappa shape index (κ1) is 24.8. The predicted molar refractivity (Wildman–Crippen MR) is 143 cm³/mol. The number of hydrogen-bond acceptors (Lipinski definition) is 4. The van der Waals surface area contributed by atoms with E-state index in [1.54, 1.807) is 0 Å². The van der Waals surface area contributed by atoms with E-state index in [2.05, 4.69) is 58.4 Å². The van der Waals surface area contributed by atoms with Gasteiger partial charge in [0.25, 0.3) is 0 Å². The van der Waals surface area contributed by atoms with Gasteiger partial charge < -0.3 is 15.1 Å². The van der Waals surface area contributed by atoms with Gasteiger partial charge in [-0.2, -0.15) is 0 Å². The SMILES string of the molecule is CN1CCC[C@H]1CN[C@H](Cc1ccc(Cl)cc1)C(=O)N1CCC2(CC1)c1ccccc1CCN2C. The van der Waals surface area contributed by atoms with Gasteiger partial charge in [0.2, 0.25) is 5.91 Å². The zero-order chi connectivity index (χ0) is 24.4. The molecule has 3 aliphatic rings. The Balaban J connectivity index is 1.29. The molecular weight excluding hydrogens is 456 g/mol. The van der Waals surface area contributed by atoms with E-state index >= 15 is 0 Å². The predicted octanol–water partition coefficient (Wildman–Crippen LogP) is 3.94. The first-order valence-corrected chi connectivity index (χ1v) is 13.6. The molecule has 0 unspecified atom stereocenters. The summed E-state index contributed by atoms with van der Waals surface area (Å²) in [5, 5.41) is 4.40. The van der Waals surface area contributed by atoms with Crippen LogP contribution < -0.4 is 5.32 Å². The Kier molecular flexibility index (Phi) is 7.50. The van der Waals surface area contributed by atoms with Crippen molar-refractivity contribution in [1.29, 1.82) is 0 Å². The largest absolute Gasteiger partial charge is 0.341 e. The lowest BCUT2D eigenvalue weighted by Crippen LogP contribution is -2.58. The van der Waals surface area contributed by atoms with Gasteiger partial charge in [-0.3, -0.25) is 9.69 Å². The highest BCUT2D eigenvalue weighted by Gasteiger charge is 2.44. The number of likely N-dealkylation sites (N-methyl/N-ethyl adjacent to an activating group) is 2. The fourth-order valence-electron chi connectivity index (χ4n) is 6.49. The molecule has 2 saturated heterocycles. The van der Waals surface area contributed by atoms with Crippen LogP contribution in [0.1, 0.15) is 42.4 Å². The van der Waals surface area contributed by atoms with Gasteiger partial charge in [0.1, 0.15) is 0 Å². The van der Waals surface area contributed by atoms with E-state index < -0.39 is 0 Å². The maximum atomic E-state index is 13.9.